The Balaban J connectivity index is 1.74. The van der Waals surface area contributed by atoms with E-state index >= 15 is 4.39 Å². The van der Waals surface area contributed by atoms with Crippen LogP contribution in [0.25, 0.3) is 11.2 Å². The average molecular weight is 398 g/mol. The molecule has 10 nitrogen and oxygen atoms in total. The van der Waals surface area contributed by atoms with Crippen LogP contribution in [0.1, 0.15) is 26.0 Å². The molecule has 0 aromatic carbocycles. The Hall–Kier alpha value is -1.94. The number of fused-ring (bicyclic) bond motifs is 1. The topological polar surface area (TPSA) is 129 Å². The molecule has 2 aromatic heterocycles. The van der Waals surface area contributed by atoms with Gasteiger partial charge in [-0.2, -0.15) is 9.97 Å². The number of alkyl halides is 1. The van der Waals surface area contributed by atoms with Gasteiger partial charge in [0, 0.05) is 13.1 Å². The van der Waals surface area contributed by atoms with E-state index in [1.807, 2.05) is 11.9 Å². The van der Waals surface area contributed by atoms with E-state index in [0.717, 1.165) is 12.8 Å². The molecule has 0 bridgehead atoms. The third-order valence-electron chi connectivity index (χ3n) is 5.11. The summed E-state index contributed by atoms with van der Waals surface area (Å²) in [5, 5.41) is 10.3. The molecule has 1 saturated heterocycles. The molecule has 0 spiro atoms. The summed E-state index contributed by atoms with van der Waals surface area (Å²) < 4.78 is 37.6. The third kappa shape index (κ3) is 3.04. The molecule has 1 aliphatic heterocycles. The molecule has 4 atom stereocenters. The normalized spacial score (nSPS) is 31.0. The Morgan fingerprint density at radius 3 is 2.96 bits per heavy atom. The second-order valence-corrected chi connectivity index (χ2v) is 7.47. The fraction of sp³-hybridized carbons (Fsp3) is 0.667. The summed E-state index contributed by atoms with van der Waals surface area (Å²) in [6.07, 6.45) is -0.157. The summed E-state index contributed by atoms with van der Waals surface area (Å²) in [5.74, 6) is 0.610. The lowest BCUT2D eigenvalue weighted by Gasteiger charge is -2.25. The van der Waals surface area contributed by atoms with Gasteiger partial charge in [-0.05, 0) is 19.8 Å². The lowest BCUT2D eigenvalue weighted by atomic mass is 9.98. The van der Waals surface area contributed by atoms with Crippen LogP contribution in [-0.2, 0) is 13.8 Å². The van der Waals surface area contributed by atoms with Crippen molar-refractivity contribution in [1.82, 2.24) is 19.5 Å². The van der Waals surface area contributed by atoms with E-state index < -0.39 is 32.8 Å². The number of hydrogen-bond acceptors (Lipinski definition) is 9. The summed E-state index contributed by atoms with van der Waals surface area (Å²) in [7, 11) is 1.33. The number of aliphatic hydroxyl groups excluding tert-OH is 1. The molecule has 12 heteroatoms. The van der Waals surface area contributed by atoms with Crippen LogP contribution in [0.3, 0.4) is 0 Å². The molecule has 27 heavy (non-hydrogen) atoms. The van der Waals surface area contributed by atoms with Crippen LogP contribution in [0, 0.1) is 0 Å². The maximum absolute atomic E-state index is 15.3. The van der Waals surface area contributed by atoms with Gasteiger partial charge < -0.3 is 20.5 Å². The molecule has 0 radical (unpaired) electrons. The molecule has 146 valence electrons. The maximum Gasteiger partial charge on any atom is 0.327 e. The molecule has 2 aromatic rings. The van der Waals surface area contributed by atoms with Crippen molar-refractivity contribution in [3.63, 3.8) is 0 Å². The summed E-state index contributed by atoms with van der Waals surface area (Å²) in [6.45, 7) is 1.01. The van der Waals surface area contributed by atoms with E-state index in [1.54, 1.807) is 0 Å². The van der Waals surface area contributed by atoms with E-state index in [2.05, 4.69) is 15.0 Å². The van der Waals surface area contributed by atoms with Gasteiger partial charge >= 0.3 is 8.69 Å². The zero-order chi connectivity index (χ0) is 19.3. The van der Waals surface area contributed by atoms with Gasteiger partial charge in [-0.1, -0.05) is 0 Å². The zero-order valence-corrected chi connectivity index (χ0v) is 15.7. The van der Waals surface area contributed by atoms with Gasteiger partial charge in [0.25, 0.3) is 0 Å². The number of aromatic nitrogens is 4. The number of aliphatic hydroxyl groups is 1. The second kappa shape index (κ2) is 6.59. The largest absolute Gasteiger partial charge is 0.387 e. The van der Waals surface area contributed by atoms with Crippen LogP contribution in [0.5, 0.6) is 0 Å². The molecule has 2 aliphatic rings. The molecular formula is C15H20FN6O4P. The number of nitrogens with zero attached hydrogens (tertiary/aromatic N) is 5. The average Bonchev–Trinajstić information content (AvgIpc) is 3.36. The van der Waals surface area contributed by atoms with Gasteiger partial charge in [0.15, 0.2) is 28.9 Å². The highest BCUT2D eigenvalue weighted by molar-refractivity contribution is 7.17. The first-order chi connectivity index (χ1) is 12.8. The minimum absolute atomic E-state index is 0.0379. The van der Waals surface area contributed by atoms with Gasteiger partial charge in [-0.25, -0.2) is 13.9 Å². The summed E-state index contributed by atoms with van der Waals surface area (Å²) in [4.78, 5) is 14.8. The Morgan fingerprint density at radius 2 is 2.30 bits per heavy atom. The smallest absolute Gasteiger partial charge is 0.327 e. The Bertz CT molecular complexity index is 875. The standard InChI is InChI=1S/C15H20FN6O4P/c1-15(16)10(23)8(5-25-27-24)26-13(15)22-6-18-9-11(21(2)7-3-4-7)19-14(17)20-12(9)22/h6-8,10,13,23H,3-5H2,1-2H3,(H2,17,19,20)/t8?,10-,13-,15-/m1/s1. The minimum atomic E-state index is -2.15. The predicted octanol–water partition coefficient (Wildman–Crippen LogP) is 1.22. The van der Waals surface area contributed by atoms with E-state index in [9.17, 15) is 9.67 Å². The van der Waals surface area contributed by atoms with Gasteiger partial charge in [0.2, 0.25) is 5.95 Å². The summed E-state index contributed by atoms with van der Waals surface area (Å²) in [5.41, 5.74) is 4.51. The molecule has 3 heterocycles. The number of ether oxygens (including phenoxy) is 1. The van der Waals surface area contributed by atoms with Crippen LogP contribution in [0.4, 0.5) is 16.2 Å². The van der Waals surface area contributed by atoms with Gasteiger partial charge in [0.05, 0.1) is 12.9 Å². The van der Waals surface area contributed by atoms with Crippen molar-refractivity contribution < 1.29 is 23.3 Å². The number of halogens is 1. The van der Waals surface area contributed by atoms with Crippen LogP contribution in [-0.4, -0.2) is 62.2 Å². The Morgan fingerprint density at radius 1 is 1.56 bits per heavy atom. The van der Waals surface area contributed by atoms with E-state index in [4.69, 9.17) is 15.0 Å². The first-order valence-electron chi connectivity index (χ1n) is 8.54. The van der Waals surface area contributed by atoms with Crippen LogP contribution >= 0.6 is 8.69 Å². The fourth-order valence-electron chi connectivity index (χ4n) is 3.42. The summed E-state index contributed by atoms with van der Waals surface area (Å²) in [6, 6.07) is 0.372. The van der Waals surface area contributed by atoms with Crippen molar-refractivity contribution in [3.8, 4) is 0 Å². The third-order valence-corrected chi connectivity index (χ3v) is 5.36. The van der Waals surface area contributed by atoms with Crippen molar-refractivity contribution in [2.24, 2.45) is 0 Å². The molecule has 1 unspecified atom stereocenters. The lowest BCUT2D eigenvalue weighted by Crippen LogP contribution is -2.40. The van der Waals surface area contributed by atoms with Crippen LogP contribution in [0.15, 0.2) is 6.33 Å². The number of nitrogens with two attached hydrogens (primary N) is 1. The Labute approximate surface area is 155 Å². The molecular weight excluding hydrogens is 378 g/mol. The van der Waals surface area contributed by atoms with E-state index in [-0.39, 0.29) is 12.6 Å². The van der Waals surface area contributed by atoms with Gasteiger partial charge in [0.1, 0.15) is 12.2 Å². The van der Waals surface area contributed by atoms with Crippen molar-refractivity contribution in [2.75, 3.05) is 24.3 Å². The first-order valence-corrected chi connectivity index (χ1v) is 9.27. The van der Waals surface area contributed by atoms with E-state index in [0.29, 0.717) is 23.0 Å². The number of anilines is 2. The lowest BCUT2D eigenvalue weighted by molar-refractivity contribution is -0.0530. The molecule has 2 fully saturated rings. The van der Waals surface area contributed by atoms with Crippen molar-refractivity contribution in [1.29, 1.82) is 0 Å². The van der Waals surface area contributed by atoms with Crippen molar-refractivity contribution in [2.45, 2.75) is 49.9 Å². The quantitative estimate of drug-likeness (QED) is 0.690. The molecule has 0 amide bonds. The molecule has 1 saturated carbocycles. The van der Waals surface area contributed by atoms with Crippen molar-refractivity contribution >= 4 is 31.6 Å². The summed E-state index contributed by atoms with van der Waals surface area (Å²) >= 11 is 0. The number of imidazole rings is 1. The Kier molecular flexibility index (Phi) is 4.50. The highest BCUT2D eigenvalue weighted by Crippen LogP contribution is 2.43. The van der Waals surface area contributed by atoms with Crippen LogP contribution < -0.4 is 10.6 Å². The number of rotatable bonds is 6. The fourth-order valence-corrected chi connectivity index (χ4v) is 3.63. The molecule has 1 aliphatic carbocycles. The molecule has 4 rings (SSSR count). The van der Waals surface area contributed by atoms with E-state index in [1.165, 1.54) is 17.8 Å². The molecule has 3 N–H and O–H groups in total. The number of hydrogen-bond donors (Lipinski definition) is 2. The van der Waals surface area contributed by atoms with Crippen molar-refractivity contribution in [3.05, 3.63) is 6.33 Å². The highest BCUT2D eigenvalue weighted by atomic mass is 31.1. The van der Waals surface area contributed by atoms with Crippen LogP contribution in [0.2, 0.25) is 0 Å². The number of nitrogen functional groups attached to an aromatic ring is 1. The monoisotopic (exact) mass is 398 g/mol. The minimum Gasteiger partial charge on any atom is -0.387 e. The maximum atomic E-state index is 15.3. The van der Waals surface area contributed by atoms with Gasteiger partial charge in [-0.3, -0.25) is 9.09 Å². The first kappa shape index (κ1) is 18.4. The SMILES string of the molecule is CN(c1nc(N)nc2c1ncn2[C@@H]1OC(COP=O)[C@@H](O)[C@@]1(C)F)C1CC1. The highest BCUT2D eigenvalue weighted by Gasteiger charge is 2.55. The predicted molar refractivity (Wildman–Crippen MR) is 94.1 cm³/mol. The second-order valence-electron chi connectivity index (χ2n) is 7.06. The van der Waals surface area contributed by atoms with Gasteiger partial charge in [-0.15, -0.1) is 0 Å². The zero-order valence-electron chi connectivity index (χ0n) is 14.8.